The maximum Gasteiger partial charge on any atom is 0.287 e. The van der Waals surface area contributed by atoms with Gasteiger partial charge in [-0.05, 0) is 41.3 Å². The summed E-state index contributed by atoms with van der Waals surface area (Å²) < 4.78 is 31.6. The highest BCUT2D eigenvalue weighted by Gasteiger charge is 2.30. The van der Waals surface area contributed by atoms with E-state index in [-0.39, 0.29) is 16.5 Å². The first-order chi connectivity index (χ1) is 12.9. The fraction of sp³-hybridized carbons (Fsp3) is 0.211. The Morgan fingerprint density at radius 3 is 2.44 bits per heavy atom. The van der Waals surface area contributed by atoms with Gasteiger partial charge in [0, 0.05) is 26.3 Å². The second-order valence-corrected chi connectivity index (χ2v) is 9.44. The molecule has 0 spiro atoms. The monoisotopic (exact) mass is 404 g/mol. The molecule has 0 saturated carbocycles. The second-order valence-electron chi connectivity index (χ2n) is 6.14. The number of benzene rings is 1. The smallest absolute Gasteiger partial charge is 0.287 e. The van der Waals surface area contributed by atoms with Gasteiger partial charge in [0.15, 0.2) is 15.6 Å². The van der Waals surface area contributed by atoms with E-state index >= 15 is 0 Å². The average molecular weight is 405 g/mol. The van der Waals surface area contributed by atoms with Crippen LogP contribution in [0.25, 0.3) is 0 Å². The van der Waals surface area contributed by atoms with E-state index in [0.717, 1.165) is 5.69 Å². The standard InChI is InChI=1S/C19H20N2O4S2/c1-21(2)15-9-7-14(8-10-15)17(27(23,24)18-6-4-12-26-18)13-20-19(22)16-5-3-11-25-16/h3-12,17H,13H2,1-2H3,(H,20,22)/t17-/m0/s1. The van der Waals surface area contributed by atoms with E-state index in [4.69, 9.17) is 4.42 Å². The zero-order valence-electron chi connectivity index (χ0n) is 15.0. The number of hydrogen-bond donors (Lipinski definition) is 1. The Bertz CT molecular complexity index is 977. The summed E-state index contributed by atoms with van der Waals surface area (Å²) in [5.41, 5.74) is 1.58. The first kappa shape index (κ1) is 19.2. The van der Waals surface area contributed by atoms with Crippen molar-refractivity contribution in [1.82, 2.24) is 5.32 Å². The molecule has 6 nitrogen and oxygen atoms in total. The third-order valence-corrected chi connectivity index (χ3v) is 7.66. The van der Waals surface area contributed by atoms with Gasteiger partial charge in [-0.15, -0.1) is 11.3 Å². The number of carbonyl (C=O) groups is 1. The number of hydrogen-bond acceptors (Lipinski definition) is 6. The van der Waals surface area contributed by atoms with Crippen LogP contribution in [0.5, 0.6) is 0 Å². The molecule has 0 saturated heterocycles. The van der Waals surface area contributed by atoms with Crippen LogP contribution in [0.1, 0.15) is 21.4 Å². The largest absolute Gasteiger partial charge is 0.459 e. The molecular formula is C19H20N2O4S2. The minimum atomic E-state index is -3.65. The SMILES string of the molecule is CN(C)c1ccc([C@H](CNC(=O)c2ccco2)S(=O)(=O)c2cccs2)cc1. The number of carbonyl (C=O) groups excluding carboxylic acids is 1. The Labute approximate surface area is 162 Å². The van der Waals surface area contributed by atoms with Crippen molar-refractivity contribution in [2.45, 2.75) is 9.46 Å². The number of nitrogens with one attached hydrogen (secondary N) is 1. The topological polar surface area (TPSA) is 79.6 Å². The normalized spacial score (nSPS) is 12.5. The van der Waals surface area contributed by atoms with E-state index < -0.39 is 21.0 Å². The van der Waals surface area contributed by atoms with Crippen LogP contribution in [-0.2, 0) is 9.84 Å². The minimum Gasteiger partial charge on any atom is -0.459 e. The Balaban J connectivity index is 1.90. The van der Waals surface area contributed by atoms with Gasteiger partial charge in [0.1, 0.15) is 9.46 Å². The summed E-state index contributed by atoms with van der Waals surface area (Å²) in [7, 11) is 0.181. The van der Waals surface area contributed by atoms with Crippen molar-refractivity contribution in [2.75, 3.05) is 25.5 Å². The van der Waals surface area contributed by atoms with Crippen LogP contribution in [0.4, 0.5) is 5.69 Å². The predicted octanol–water partition coefficient (Wildman–Crippen LogP) is 3.35. The molecule has 0 radical (unpaired) electrons. The number of sulfone groups is 1. The second kappa shape index (κ2) is 7.98. The van der Waals surface area contributed by atoms with E-state index in [2.05, 4.69) is 5.32 Å². The van der Waals surface area contributed by atoms with Crippen LogP contribution < -0.4 is 10.2 Å². The molecule has 2 aromatic heterocycles. The highest BCUT2D eigenvalue weighted by atomic mass is 32.2. The number of thiophene rings is 1. The average Bonchev–Trinajstić information content (AvgIpc) is 3.36. The molecule has 0 unspecified atom stereocenters. The summed E-state index contributed by atoms with van der Waals surface area (Å²) in [6.45, 7) is -0.0545. The lowest BCUT2D eigenvalue weighted by Gasteiger charge is -2.19. The van der Waals surface area contributed by atoms with Crippen molar-refractivity contribution in [2.24, 2.45) is 0 Å². The predicted molar refractivity (Wildman–Crippen MR) is 106 cm³/mol. The minimum absolute atomic E-state index is 0.0545. The molecule has 0 fully saturated rings. The number of rotatable bonds is 7. The van der Waals surface area contributed by atoms with E-state index in [0.29, 0.717) is 5.56 Å². The Morgan fingerprint density at radius 1 is 1.15 bits per heavy atom. The highest BCUT2D eigenvalue weighted by Crippen LogP contribution is 2.32. The van der Waals surface area contributed by atoms with Crippen molar-refractivity contribution < 1.29 is 17.6 Å². The molecule has 1 amide bonds. The summed E-state index contributed by atoms with van der Waals surface area (Å²) in [6, 6.07) is 13.7. The Hall–Kier alpha value is -2.58. The van der Waals surface area contributed by atoms with Crippen molar-refractivity contribution in [1.29, 1.82) is 0 Å². The van der Waals surface area contributed by atoms with Crippen molar-refractivity contribution in [3.05, 3.63) is 71.5 Å². The molecule has 1 aromatic carbocycles. The third-order valence-electron chi connectivity index (χ3n) is 4.12. The maximum atomic E-state index is 13.1. The van der Waals surface area contributed by atoms with Crippen LogP contribution in [-0.4, -0.2) is 35.0 Å². The first-order valence-electron chi connectivity index (χ1n) is 8.26. The third kappa shape index (κ3) is 4.23. The van der Waals surface area contributed by atoms with Gasteiger partial charge in [-0.1, -0.05) is 18.2 Å². The van der Waals surface area contributed by atoms with Crippen molar-refractivity contribution in [3.63, 3.8) is 0 Å². The number of amides is 1. The lowest BCUT2D eigenvalue weighted by atomic mass is 10.1. The quantitative estimate of drug-likeness (QED) is 0.653. The van der Waals surface area contributed by atoms with E-state index in [1.807, 2.05) is 31.1 Å². The molecule has 0 aliphatic heterocycles. The van der Waals surface area contributed by atoms with Gasteiger partial charge in [0.05, 0.1) is 6.26 Å². The van der Waals surface area contributed by atoms with Crippen molar-refractivity contribution >= 4 is 32.8 Å². The van der Waals surface area contributed by atoms with Gasteiger partial charge in [0.2, 0.25) is 0 Å². The van der Waals surface area contributed by atoms with E-state index in [9.17, 15) is 13.2 Å². The lowest BCUT2D eigenvalue weighted by Crippen LogP contribution is -2.31. The summed E-state index contributed by atoms with van der Waals surface area (Å²) in [5, 5.41) is 3.50. The van der Waals surface area contributed by atoms with Gasteiger partial charge < -0.3 is 14.6 Å². The number of nitrogens with zero attached hydrogens (tertiary/aromatic N) is 1. The molecule has 3 aromatic rings. The Morgan fingerprint density at radius 2 is 1.89 bits per heavy atom. The maximum absolute atomic E-state index is 13.1. The number of anilines is 1. The van der Waals surface area contributed by atoms with Gasteiger partial charge in [-0.2, -0.15) is 0 Å². The molecule has 2 heterocycles. The first-order valence-corrected chi connectivity index (χ1v) is 10.7. The molecule has 8 heteroatoms. The molecule has 3 rings (SSSR count). The molecule has 0 aliphatic rings. The Kier molecular flexibility index (Phi) is 5.67. The molecule has 0 bridgehead atoms. The van der Waals surface area contributed by atoms with Gasteiger partial charge in [-0.3, -0.25) is 4.79 Å². The van der Waals surface area contributed by atoms with Crippen LogP contribution in [0.3, 0.4) is 0 Å². The molecule has 1 atom stereocenters. The lowest BCUT2D eigenvalue weighted by molar-refractivity contribution is 0.0926. The van der Waals surface area contributed by atoms with Gasteiger partial charge in [-0.25, -0.2) is 8.42 Å². The fourth-order valence-electron chi connectivity index (χ4n) is 2.64. The van der Waals surface area contributed by atoms with E-state index in [1.165, 1.54) is 23.7 Å². The molecule has 142 valence electrons. The van der Waals surface area contributed by atoms with Crippen LogP contribution in [0.15, 0.2) is 68.8 Å². The molecular weight excluding hydrogens is 384 g/mol. The summed E-state index contributed by atoms with van der Waals surface area (Å²) in [4.78, 5) is 14.1. The summed E-state index contributed by atoms with van der Waals surface area (Å²) in [6.07, 6.45) is 1.40. The van der Waals surface area contributed by atoms with Gasteiger partial charge in [0.25, 0.3) is 5.91 Å². The summed E-state index contributed by atoms with van der Waals surface area (Å²) in [5.74, 6) is -0.304. The number of furan rings is 1. The molecule has 0 aliphatic carbocycles. The van der Waals surface area contributed by atoms with Gasteiger partial charge >= 0.3 is 0 Å². The van der Waals surface area contributed by atoms with Crippen LogP contribution in [0.2, 0.25) is 0 Å². The van der Waals surface area contributed by atoms with Crippen LogP contribution >= 0.6 is 11.3 Å². The zero-order chi connectivity index (χ0) is 19.4. The van der Waals surface area contributed by atoms with Crippen LogP contribution in [0, 0.1) is 0 Å². The molecule has 1 N–H and O–H groups in total. The fourth-order valence-corrected chi connectivity index (χ4v) is 5.51. The highest BCUT2D eigenvalue weighted by molar-refractivity contribution is 7.93. The summed E-state index contributed by atoms with van der Waals surface area (Å²) >= 11 is 1.17. The molecule has 27 heavy (non-hydrogen) atoms. The zero-order valence-corrected chi connectivity index (χ0v) is 16.6. The van der Waals surface area contributed by atoms with Crippen molar-refractivity contribution in [3.8, 4) is 0 Å². The van der Waals surface area contributed by atoms with E-state index in [1.54, 1.807) is 35.7 Å².